The number of thiazole rings is 1. The predicted molar refractivity (Wildman–Crippen MR) is 114 cm³/mol. The number of hydrogen-bond acceptors (Lipinski definition) is 5. The molecule has 11 heteroatoms. The zero-order chi connectivity index (χ0) is 22.9. The van der Waals surface area contributed by atoms with Crippen LogP contribution in [0.25, 0.3) is 11.3 Å². The minimum atomic E-state index is -4.06. The van der Waals surface area contributed by atoms with Gasteiger partial charge in [0.1, 0.15) is 10.7 Å². The molecule has 1 amide bonds. The fourth-order valence-corrected chi connectivity index (χ4v) is 5.70. The third kappa shape index (κ3) is 4.54. The van der Waals surface area contributed by atoms with E-state index in [0.717, 1.165) is 42.0 Å². The molecular formula is C21H18F3N3O3S2. The van der Waals surface area contributed by atoms with E-state index in [1.165, 1.54) is 16.4 Å². The maximum absolute atomic E-state index is 14.4. The zero-order valence-corrected chi connectivity index (χ0v) is 18.3. The van der Waals surface area contributed by atoms with Crippen molar-refractivity contribution in [1.29, 1.82) is 0 Å². The molecule has 1 aromatic heterocycles. The number of nitrogens with zero attached hydrogens (tertiary/aromatic N) is 2. The number of carbonyl (C=O) groups excluding carboxylic acids is 1. The van der Waals surface area contributed by atoms with Crippen LogP contribution in [0.1, 0.15) is 29.6 Å². The van der Waals surface area contributed by atoms with Crippen LogP contribution in [0.2, 0.25) is 0 Å². The van der Waals surface area contributed by atoms with Crippen LogP contribution >= 0.6 is 11.3 Å². The van der Waals surface area contributed by atoms with Gasteiger partial charge in [0.25, 0.3) is 5.91 Å². The molecule has 0 atom stereocenters. The predicted octanol–water partition coefficient (Wildman–Crippen LogP) is 4.65. The average molecular weight is 482 g/mol. The van der Waals surface area contributed by atoms with E-state index in [2.05, 4.69) is 10.3 Å². The van der Waals surface area contributed by atoms with Gasteiger partial charge in [0.05, 0.1) is 5.69 Å². The summed E-state index contributed by atoms with van der Waals surface area (Å²) in [4.78, 5) is 16.3. The van der Waals surface area contributed by atoms with E-state index in [1.54, 1.807) is 5.38 Å². The van der Waals surface area contributed by atoms with Crippen LogP contribution in [-0.2, 0) is 10.0 Å². The Morgan fingerprint density at radius 1 is 0.969 bits per heavy atom. The highest BCUT2D eigenvalue weighted by Gasteiger charge is 2.29. The minimum Gasteiger partial charge on any atom is -0.298 e. The highest BCUT2D eigenvalue weighted by Crippen LogP contribution is 2.27. The normalized spacial score (nSPS) is 15.0. The lowest BCUT2D eigenvalue weighted by Gasteiger charge is -2.26. The Labute approximate surface area is 186 Å². The van der Waals surface area contributed by atoms with Gasteiger partial charge in [-0.3, -0.25) is 10.1 Å². The van der Waals surface area contributed by atoms with Crippen LogP contribution in [0.5, 0.6) is 0 Å². The van der Waals surface area contributed by atoms with Crippen LogP contribution < -0.4 is 5.32 Å². The van der Waals surface area contributed by atoms with E-state index in [0.29, 0.717) is 37.2 Å². The summed E-state index contributed by atoms with van der Waals surface area (Å²) >= 11 is 1.05. The van der Waals surface area contributed by atoms with Gasteiger partial charge in [-0.15, -0.1) is 11.3 Å². The molecule has 0 bridgehead atoms. The second-order valence-corrected chi connectivity index (χ2v) is 10.00. The van der Waals surface area contributed by atoms with Crippen LogP contribution in [0.15, 0.2) is 46.7 Å². The van der Waals surface area contributed by atoms with E-state index in [4.69, 9.17) is 0 Å². The van der Waals surface area contributed by atoms with Crippen molar-refractivity contribution in [3.05, 3.63) is 64.8 Å². The fourth-order valence-electron chi connectivity index (χ4n) is 3.38. The molecule has 0 saturated carbocycles. The highest BCUT2D eigenvalue weighted by molar-refractivity contribution is 7.89. The number of sulfonamides is 1. The molecule has 2 heterocycles. The standard InChI is InChI=1S/C21H18F3N3O3S2/c22-15-6-4-13(10-17(15)24)18-12-31-21(25-18)26-20(28)14-5-7-16(23)19(11-14)32(29,30)27-8-2-1-3-9-27/h4-7,10-12H,1-3,8-9H2,(H,25,26,28). The van der Waals surface area contributed by atoms with Gasteiger partial charge in [-0.1, -0.05) is 6.42 Å². The smallest absolute Gasteiger partial charge is 0.257 e. The summed E-state index contributed by atoms with van der Waals surface area (Å²) in [5, 5.41) is 4.24. The monoisotopic (exact) mass is 481 g/mol. The Balaban J connectivity index is 1.55. The molecule has 32 heavy (non-hydrogen) atoms. The molecule has 168 valence electrons. The molecule has 1 aliphatic rings. The summed E-state index contributed by atoms with van der Waals surface area (Å²) in [6.07, 6.45) is 2.31. The van der Waals surface area contributed by atoms with E-state index in [-0.39, 0.29) is 10.7 Å². The highest BCUT2D eigenvalue weighted by atomic mass is 32.2. The first-order valence-electron chi connectivity index (χ1n) is 9.78. The molecule has 1 aliphatic heterocycles. The SMILES string of the molecule is O=C(Nc1nc(-c2ccc(F)c(F)c2)cs1)c1ccc(F)c(S(=O)(=O)N2CCCCC2)c1. The number of anilines is 1. The minimum absolute atomic E-state index is 0.0495. The number of nitrogens with one attached hydrogen (secondary N) is 1. The lowest BCUT2D eigenvalue weighted by atomic mass is 10.2. The van der Waals surface area contributed by atoms with E-state index < -0.39 is 38.3 Å². The number of piperidine rings is 1. The number of amides is 1. The second-order valence-electron chi connectivity index (χ2n) is 7.23. The van der Waals surface area contributed by atoms with Gasteiger partial charge < -0.3 is 0 Å². The van der Waals surface area contributed by atoms with Crippen molar-refractivity contribution in [1.82, 2.24) is 9.29 Å². The molecule has 0 radical (unpaired) electrons. The molecule has 1 N–H and O–H groups in total. The summed E-state index contributed by atoms with van der Waals surface area (Å²) in [7, 11) is -4.06. The van der Waals surface area contributed by atoms with Gasteiger partial charge in [-0.05, 0) is 49.2 Å². The third-order valence-electron chi connectivity index (χ3n) is 5.07. The Bertz CT molecular complexity index is 1270. The van der Waals surface area contributed by atoms with Gasteiger partial charge in [0.2, 0.25) is 10.0 Å². The van der Waals surface area contributed by atoms with Gasteiger partial charge in [-0.2, -0.15) is 4.31 Å². The van der Waals surface area contributed by atoms with Crippen molar-refractivity contribution >= 4 is 32.4 Å². The van der Waals surface area contributed by atoms with Gasteiger partial charge in [0.15, 0.2) is 16.8 Å². The largest absolute Gasteiger partial charge is 0.298 e. The number of aromatic nitrogens is 1. The molecule has 0 unspecified atom stereocenters. The van der Waals surface area contributed by atoms with Crippen molar-refractivity contribution in [3.63, 3.8) is 0 Å². The first kappa shape index (κ1) is 22.4. The van der Waals surface area contributed by atoms with Gasteiger partial charge >= 0.3 is 0 Å². The summed E-state index contributed by atoms with van der Waals surface area (Å²) in [6, 6.07) is 6.47. The second kappa shape index (κ2) is 9.00. The molecule has 1 saturated heterocycles. The Kier molecular flexibility index (Phi) is 6.31. The van der Waals surface area contributed by atoms with Crippen molar-refractivity contribution < 1.29 is 26.4 Å². The fraction of sp³-hybridized carbons (Fsp3) is 0.238. The third-order valence-corrected chi connectivity index (χ3v) is 7.74. The van der Waals surface area contributed by atoms with Crippen molar-refractivity contribution in [2.24, 2.45) is 0 Å². The zero-order valence-electron chi connectivity index (χ0n) is 16.6. The molecule has 3 aromatic rings. The number of carbonyl (C=O) groups is 1. The van der Waals surface area contributed by atoms with E-state index >= 15 is 0 Å². The lowest BCUT2D eigenvalue weighted by Crippen LogP contribution is -2.36. The van der Waals surface area contributed by atoms with E-state index in [9.17, 15) is 26.4 Å². The van der Waals surface area contributed by atoms with Crippen LogP contribution in [0, 0.1) is 17.5 Å². The Morgan fingerprint density at radius 2 is 1.69 bits per heavy atom. The van der Waals surface area contributed by atoms with Crippen molar-refractivity contribution in [2.75, 3.05) is 18.4 Å². The Hall–Kier alpha value is -2.76. The summed E-state index contributed by atoms with van der Waals surface area (Å²) in [5.41, 5.74) is 0.612. The molecule has 0 spiro atoms. The van der Waals surface area contributed by atoms with Gasteiger partial charge in [0, 0.05) is 29.6 Å². The number of rotatable bonds is 5. The first-order valence-corrected chi connectivity index (χ1v) is 12.1. The van der Waals surface area contributed by atoms with Crippen molar-refractivity contribution in [3.8, 4) is 11.3 Å². The number of hydrogen-bond donors (Lipinski definition) is 1. The molecule has 1 fully saturated rings. The quantitative estimate of drug-likeness (QED) is 0.575. The summed E-state index contributed by atoms with van der Waals surface area (Å²) in [6.45, 7) is 0.619. The summed E-state index contributed by atoms with van der Waals surface area (Å²) in [5.74, 6) is -3.60. The van der Waals surface area contributed by atoms with E-state index in [1.807, 2.05) is 0 Å². The topological polar surface area (TPSA) is 79.4 Å². The lowest BCUT2D eigenvalue weighted by molar-refractivity contribution is 0.102. The van der Waals surface area contributed by atoms with Crippen LogP contribution in [-0.4, -0.2) is 36.7 Å². The average Bonchev–Trinajstić information content (AvgIpc) is 3.25. The number of halogens is 3. The maximum atomic E-state index is 14.4. The number of benzene rings is 2. The maximum Gasteiger partial charge on any atom is 0.257 e. The first-order chi connectivity index (χ1) is 15.3. The molecule has 2 aromatic carbocycles. The molecule has 4 rings (SSSR count). The molecule has 6 nitrogen and oxygen atoms in total. The van der Waals surface area contributed by atoms with Crippen LogP contribution in [0.3, 0.4) is 0 Å². The molecular weight excluding hydrogens is 463 g/mol. The Morgan fingerprint density at radius 3 is 2.41 bits per heavy atom. The molecule has 0 aliphatic carbocycles. The summed E-state index contributed by atoms with van der Waals surface area (Å²) < 4.78 is 67.8. The van der Waals surface area contributed by atoms with Crippen LogP contribution in [0.4, 0.5) is 18.3 Å². The van der Waals surface area contributed by atoms with Crippen molar-refractivity contribution in [2.45, 2.75) is 24.2 Å². The van der Waals surface area contributed by atoms with Gasteiger partial charge in [-0.25, -0.2) is 26.6 Å².